The van der Waals surface area contributed by atoms with Gasteiger partial charge in [-0.15, -0.1) is 11.3 Å². The van der Waals surface area contributed by atoms with Gasteiger partial charge in [-0.2, -0.15) is 0 Å². The van der Waals surface area contributed by atoms with Crippen LogP contribution in [0.15, 0.2) is 18.2 Å². The summed E-state index contributed by atoms with van der Waals surface area (Å²) >= 11 is 5.18. The van der Waals surface area contributed by atoms with Crippen LogP contribution >= 0.6 is 27.3 Å². The second-order valence-corrected chi connectivity index (χ2v) is 6.64. The van der Waals surface area contributed by atoms with Crippen LogP contribution < -0.4 is 9.47 Å². The van der Waals surface area contributed by atoms with Crippen molar-refractivity contribution in [1.82, 2.24) is 4.98 Å². The van der Waals surface area contributed by atoms with Crippen LogP contribution in [-0.4, -0.2) is 11.6 Å². The van der Waals surface area contributed by atoms with Gasteiger partial charge in [-0.25, -0.2) is 4.98 Å². The van der Waals surface area contributed by atoms with Gasteiger partial charge in [0.25, 0.3) is 0 Å². The van der Waals surface area contributed by atoms with Gasteiger partial charge >= 0.3 is 0 Å². The molecule has 0 saturated heterocycles. The number of rotatable bonds is 7. The molecule has 0 aliphatic rings. The maximum atomic E-state index is 5.94. The van der Waals surface area contributed by atoms with Gasteiger partial charge in [0.2, 0.25) is 0 Å². The van der Waals surface area contributed by atoms with E-state index in [4.69, 9.17) is 9.47 Å². The van der Waals surface area contributed by atoms with Gasteiger partial charge in [-0.3, -0.25) is 0 Å². The quantitative estimate of drug-likeness (QED) is 0.641. The molecule has 114 valence electrons. The molecule has 21 heavy (non-hydrogen) atoms. The van der Waals surface area contributed by atoms with Gasteiger partial charge in [0.15, 0.2) is 0 Å². The number of aryl methyl sites for hydroxylation is 2. The molecule has 0 unspecified atom stereocenters. The summed E-state index contributed by atoms with van der Waals surface area (Å²) in [6.07, 6.45) is 0.994. The van der Waals surface area contributed by atoms with E-state index in [2.05, 4.69) is 34.8 Å². The molecule has 0 amide bonds. The molecular formula is C16H20BrNO2S. The molecule has 5 heteroatoms. The molecule has 3 nitrogen and oxygen atoms in total. The molecule has 0 spiro atoms. The zero-order valence-corrected chi connectivity index (χ0v) is 15.0. The van der Waals surface area contributed by atoms with Crippen LogP contribution in [0.25, 0.3) is 0 Å². The molecule has 0 aliphatic carbocycles. The SMILES string of the molecule is CCCOc1ccc(CBr)c(OCc2nc(C)c(C)s2)c1. The van der Waals surface area contributed by atoms with Crippen LogP contribution in [0.2, 0.25) is 0 Å². The van der Waals surface area contributed by atoms with Gasteiger partial charge < -0.3 is 9.47 Å². The van der Waals surface area contributed by atoms with Gasteiger partial charge in [0, 0.05) is 21.8 Å². The lowest BCUT2D eigenvalue weighted by molar-refractivity contribution is 0.292. The number of halogens is 1. The Kier molecular flexibility index (Phi) is 6.06. The second kappa shape index (κ2) is 7.80. The van der Waals surface area contributed by atoms with Gasteiger partial charge in [-0.05, 0) is 26.3 Å². The Labute approximate surface area is 138 Å². The van der Waals surface area contributed by atoms with E-state index in [0.29, 0.717) is 6.61 Å². The summed E-state index contributed by atoms with van der Waals surface area (Å²) in [5.41, 5.74) is 2.20. The van der Waals surface area contributed by atoms with Crippen LogP contribution in [0.3, 0.4) is 0 Å². The fourth-order valence-corrected chi connectivity index (χ4v) is 3.14. The molecule has 1 aromatic heterocycles. The molecule has 2 aromatic rings. The average molecular weight is 370 g/mol. The van der Waals surface area contributed by atoms with Crippen molar-refractivity contribution in [3.63, 3.8) is 0 Å². The van der Waals surface area contributed by atoms with E-state index in [1.54, 1.807) is 11.3 Å². The number of alkyl halides is 1. The van der Waals surface area contributed by atoms with E-state index in [1.807, 2.05) is 25.1 Å². The number of hydrogen-bond acceptors (Lipinski definition) is 4. The first-order chi connectivity index (χ1) is 10.1. The first-order valence-corrected chi connectivity index (χ1v) is 8.95. The molecule has 0 aliphatic heterocycles. The standard InChI is InChI=1S/C16H20BrNO2S/c1-4-7-19-14-6-5-13(9-17)15(8-14)20-10-16-18-11(2)12(3)21-16/h5-6,8H,4,7,9-10H2,1-3H3. The molecule has 0 bridgehead atoms. The van der Waals surface area contributed by atoms with Gasteiger partial charge in [-0.1, -0.05) is 28.9 Å². The number of aromatic nitrogens is 1. The van der Waals surface area contributed by atoms with Crippen LogP contribution in [0, 0.1) is 13.8 Å². The molecular weight excluding hydrogens is 350 g/mol. The Balaban J connectivity index is 2.09. The first kappa shape index (κ1) is 16.3. The van der Waals surface area contributed by atoms with Crippen molar-refractivity contribution in [2.45, 2.75) is 39.1 Å². The van der Waals surface area contributed by atoms with Crippen molar-refractivity contribution < 1.29 is 9.47 Å². The summed E-state index contributed by atoms with van der Waals surface area (Å²) in [7, 11) is 0. The third kappa shape index (κ3) is 4.45. The lowest BCUT2D eigenvalue weighted by Gasteiger charge is -2.11. The summed E-state index contributed by atoms with van der Waals surface area (Å²) in [5, 5.41) is 1.76. The third-order valence-corrected chi connectivity index (χ3v) is 4.73. The predicted octanol–water partition coefficient (Wildman–Crippen LogP) is 5.02. The minimum atomic E-state index is 0.497. The van der Waals surface area contributed by atoms with E-state index in [-0.39, 0.29) is 0 Å². The van der Waals surface area contributed by atoms with Gasteiger partial charge in [0.05, 0.1) is 12.3 Å². The van der Waals surface area contributed by atoms with Crippen molar-refractivity contribution in [3.8, 4) is 11.5 Å². The van der Waals surface area contributed by atoms with E-state index in [0.717, 1.165) is 46.1 Å². The summed E-state index contributed by atoms with van der Waals surface area (Å²) in [5.74, 6) is 1.70. The minimum Gasteiger partial charge on any atom is -0.493 e. The fourth-order valence-electron chi connectivity index (χ4n) is 1.83. The Bertz CT molecular complexity index is 578. The Hall–Kier alpha value is -1.07. The average Bonchev–Trinajstić information content (AvgIpc) is 2.81. The topological polar surface area (TPSA) is 31.4 Å². The molecule has 0 atom stereocenters. The number of ether oxygens (including phenoxy) is 2. The van der Waals surface area contributed by atoms with Crippen LogP contribution in [0.5, 0.6) is 11.5 Å². The predicted molar refractivity (Wildman–Crippen MR) is 90.8 cm³/mol. The fraction of sp³-hybridized carbons (Fsp3) is 0.438. The Morgan fingerprint density at radius 3 is 2.67 bits per heavy atom. The minimum absolute atomic E-state index is 0.497. The molecule has 0 N–H and O–H groups in total. The highest BCUT2D eigenvalue weighted by Gasteiger charge is 2.08. The second-order valence-electron chi connectivity index (χ2n) is 4.79. The molecule has 0 radical (unpaired) electrons. The molecule has 1 heterocycles. The third-order valence-electron chi connectivity index (χ3n) is 3.08. The lowest BCUT2D eigenvalue weighted by atomic mass is 10.2. The number of nitrogens with zero attached hydrogens (tertiary/aromatic N) is 1. The van der Waals surface area contributed by atoms with Gasteiger partial charge in [0.1, 0.15) is 23.1 Å². The van der Waals surface area contributed by atoms with E-state index < -0.39 is 0 Å². The number of benzene rings is 1. The maximum Gasteiger partial charge on any atom is 0.140 e. The smallest absolute Gasteiger partial charge is 0.140 e. The van der Waals surface area contributed by atoms with Crippen LogP contribution in [-0.2, 0) is 11.9 Å². The highest BCUT2D eigenvalue weighted by Crippen LogP contribution is 2.28. The zero-order chi connectivity index (χ0) is 15.2. The van der Waals surface area contributed by atoms with Crippen molar-refractivity contribution in [2.24, 2.45) is 0 Å². The monoisotopic (exact) mass is 369 g/mol. The van der Waals surface area contributed by atoms with E-state index in [9.17, 15) is 0 Å². The van der Waals surface area contributed by atoms with E-state index in [1.165, 1.54) is 4.88 Å². The molecule has 1 aromatic carbocycles. The zero-order valence-electron chi connectivity index (χ0n) is 12.6. The lowest BCUT2D eigenvalue weighted by Crippen LogP contribution is -2.00. The first-order valence-electron chi connectivity index (χ1n) is 7.01. The maximum absolute atomic E-state index is 5.94. The highest BCUT2D eigenvalue weighted by atomic mass is 79.9. The van der Waals surface area contributed by atoms with Crippen molar-refractivity contribution in [3.05, 3.63) is 39.3 Å². The Morgan fingerprint density at radius 1 is 1.24 bits per heavy atom. The largest absolute Gasteiger partial charge is 0.493 e. The number of hydrogen-bond donors (Lipinski definition) is 0. The molecule has 2 rings (SSSR count). The summed E-state index contributed by atoms with van der Waals surface area (Å²) < 4.78 is 11.6. The Morgan fingerprint density at radius 2 is 2.05 bits per heavy atom. The summed E-state index contributed by atoms with van der Waals surface area (Å²) in [6.45, 7) is 7.42. The summed E-state index contributed by atoms with van der Waals surface area (Å²) in [4.78, 5) is 5.75. The van der Waals surface area contributed by atoms with Crippen molar-refractivity contribution in [1.29, 1.82) is 0 Å². The normalized spacial score (nSPS) is 10.7. The highest BCUT2D eigenvalue weighted by molar-refractivity contribution is 9.08. The molecule has 0 saturated carbocycles. The van der Waals surface area contributed by atoms with Crippen LogP contribution in [0.1, 0.15) is 34.5 Å². The van der Waals surface area contributed by atoms with E-state index >= 15 is 0 Å². The van der Waals surface area contributed by atoms with Crippen molar-refractivity contribution in [2.75, 3.05) is 6.61 Å². The van der Waals surface area contributed by atoms with Crippen LogP contribution in [0.4, 0.5) is 0 Å². The summed E-state index contributed by atoms with van der Waals surface area (Å²) in [6, 6.07) is 5.98. The van der Waals surface area contributed by atoms with Crippen molar-refractivity contribution >= 4 is 27.3 Å². The molecule has 0 fully saturated rings. The number of thiazole rings is 1.